The van der Waals surface area contributed by atoms with E-state index in [0.717, 1.165) is 24.8 Å². The number of hydrogen-bond acceptors (Lipinski definition) is 5. The molecule has 0 aliphatic heterocycles. The van der Waals surface area contributed by atoms with Gasteiger partial charge in [0.15, 0.2) is 0 Å². The van der Waals surface area contributed by atoms with E-state index < -0.39 is 16.8 Å². The Kier molecular flexibility index (Phi) is 6.54. The highest BCUT2D eigenvalue weighted by Crippen LogP contribution is 2.21. The van der Waals surface area contributed by atoms with Gasteiger partial charge in [0, 0.05) is 34.3 Å². The zero-order valence-corrected chi connectivity index (χ0v) is 15.1. The van der Waals surface area contributed by atoms with Crippen LogP contribution in [0.15, 0.2) is 36.4 Å². The molecule has 0 unspecified atom stereocenters. The third kappa shape index (κ3) is 4.93. The van der Waals surface area contributed by atoms with E-state index >= 15 is 0 Å². The number of nitro groups is 1. The van der Waals surface area contributed by atoms with Gasteiger partial charge in [-0.2, -0.15) is 0 Å². The van der Waals surface area contributed by atoms with Crippen molar-refractivity contribution in [1.29, 1.82) is 0 Å². The molecule has 0 aliphatic rings. The van der Waals surface area contributed by atoms with Crippen molar-refractivity contribution in [2.45, 2.75) is 6.42 Å². The second-order valence-electron chi connectivity index (χ2n) is 5.26. The van der Waals surface area contributed by atoms with Crippen LogP contribution in [0.1, 0.15) is 26.3 Å². The molecule has 136 valence electrons. The smallest absolute Gasteiger partial charge is 0.338 e. The molecule has 7 nitrogen and oxygen atoms in total. The number of nitrogens with one attached hydrogen (secondary N) is 1. The molecule has 0 saturated carbocycles. The fourth-order valence-corrected chi connectivity index (χ4v) is 2.72. The Hall–Kier alpha value is -2.64. The fourth-order valence-electron chi connectivity index (χ4n) is 2.22. The highest BCUT2D eigenvalue weighted by atomic mass is 35.5. The number of halogens is 2. The van der Waals surface area contributed by atoms with Gasteiger partial charge in [0.25, 0.3) is 11.6 Å². The van der Waals surface area contributed by atoms with E-state index in [1.165, 1.54) is 6.07 Å². The van der Waals surface area contributed by atoms with Crippen LogP contribution in [0.4, 0.5) is 5.69 Å². The van der Waals surface area contributed by atoms with E-state index in [1.807, 2.05) is 0 Å². The minimum absolute atomic E-state index is 0.0122. The Morgan fingerprint density at radius 2 is 1.85 bits per heavy atom. The van der Waals surface area contributed by atoms with Crippen LogP contribution in [0.25, 0.3) is 0 Å². The zero-order valence-electron chi connectivity index (χ0n) is 13.6. The second kappa shape index (κ2) is 8.64. The Bertz CT molecular complexity index is 870. The van der Waals surface area contributed by atoms with Crippen LogP contribution in [0, 0.1) is 10.1 Å². The number of carbonyl (C=O) groups is 2. The van der Waals surface area contributed by atoms with E-state index in [9.17, 15) is 19.7 Å². The first-order chi connectivity index (χ1) is 12.3. The highest BCUT2D eigenvalue weighted by molar-refractivity contribution is 6.35. The summed E-state index contributed by atoms with van der Waals surface area (Å²) in [6, 6.07) is 8.42. The number of benzene rings is 2. The summed E-state index contributed by atoms with van der Waals surface area (Å²) in [5.41, 5.74) is 0.332. The van der Waals surface area contributed by atoms with Gasteiger partial charge in [-0.25, -0.2) is 4.79 Å². The number of rotatable bonds is 6. The Morgan fingerprint density at radius 1 is 1.15 bits per heavy atom. The molecular formula is C17H14Cl2N2O5. The molecule has 2 aromatic carbocycles. The molecule has 0 spiro atoms. The predicted octanol–water partition coefficient (Wildman–Crippen LogP) is 3.66. The third-order valence-electron chi connectivity index (χ3n) is 3.51. The first kappa shape index (κ1) is 19.7. The van der Waals surface area contributed by atoms with Gasteiger partial charge in [0.1, 0.15) is 0 Å². The van der Waals surface area contributed by atoms with E-state index in [2.05, 4.69) is 10.1 Å². The predicted molar refractivity (Wildman–Crippen MR) is 96.9 cm³/mol. The number of amides is 1. The highest BCUT2D eigenvalue weighted by Gasteiger charge is 2.18. The molecule has 9 heteroatoms. The molecule has 26 heavy (non-hydrogen) atoms. The van der Waals surface area contributed by atoms with Crippen LogP contribution >= 0.6 is 23.2 Å². The lowest BCUT2D eigenvalue weighted by molar-refractivity contribution is -0.384. The van der Waals surface area contributed by atoms with Crippen LogP contribution in [0.5, 0.6) is 0 Å². The summed E-state index contributed by atoms with van der Waals surface area (Å²) in [4.78, 5) is 34.2. The molecule has 0 atom stereocenters. The van der Waals surface area contributed by atoms with E-state index in [1.54, 1.807) is 18.2 Å². The average molecular weight is 397 g/mol. The maximum absolute atomic E-state index is 12.3. The average Bonchev–Trinajstić information content (AvgIpc) is 2.62. The number of esters is 1. The molecule has 1 N–H and O–H groups in total. The number of methoxy groups -OCH3 is 1. The molecule has 0 fully saturated rings. The number of hydrogen-bond donors (Lipinski definition) is 1. The van der Waals surface area contributed by atoms with Gasteiger partial charge in [-0.1, -0.05) is 29.3 Å². The molecular weight excluding hydrogens is 383 g/mol. The Balaban J connectivity index is 2.12. The standard InChI is InChI=1S/C17H14Cl2N2O5/c1-26-17(23)12-6-11(7-14(8-12)21(24)25)16(22)20-5-4-10-2-3-13(18)9-15(10)19/h2-3,6-9H,4-5H2,1H3,(H,20,22). The third-order valence-corrected chi connectivity index (χ3v) is 4.09. The fraction of sp³-hybridized carbons (Fsp3) is 0.176. The normalized spacial score (nSPS) is 10.3. The van der Waals surface area contributed by atoms with Gasteiger partial charge in [-0.3, -0.25) is 14.9 Å². The minimum Gasteiger partial charge on any atom is -0.465 e. The van der Waals surface area contributed by atoms with E-state index in [0.29, 0.717) is 16.5 Å². The van der Waals surface area contributed by atoms with Crippen LogP contribution in [0.3, 0.4) is 0 Å². The Morgan fingerprint density at radius 3 is 2.46 bits per heavy atom. The SMILES string of the molecule is COC(=O)c1cc(C(=O)NCCc2ccc(Cl)cc2Cl)cc([N+](=O)[O-])c1. The summed E-state index contributed by atoms with van der Waals surface area (Å²) >= 11 is 11.9. The van der Waals surface area contributed by atoms with Crippen LogP contribution < -0.4 is 5.32 Å². The number of nitrogens with zero attached hydrogens (tertiary/aromatic N) is 1. The quantitative estimate of drug-likeness (QED) is 0.456. The van der Waals surface area contributed by atoms with Crippen LogP contribution in [0.2, 0.25) is 10.0 Å². The molecule has 0 bridgehead atoms. The summed E-state index contributed by atoms with van der Waals surface area (Å²) in [7, 11) is 1.15. The lowest BCUT2D eigenvalue weighted by Crippen LogP contribution is -2.26. The first-order valence-corrected chi connectivity index (χ1v) is 8.17. The number of carbonyl (C=O) groups excluding carboxylic acids is 2. The summed E-state index contributed by atoms with van der Waals surface area (Å²) in [5.74, 6) is -1.32. The summed E-state index contributed by atoms with van der Waals surface area (Å²) in [6.45, 7) is 0.246. The topological polar surface area (TPSA) is 98.5 Å². The molecule has 0 radical (unpaired) electrons. The zero-order chi connectivity index (χ0) is 19.3. The number of ether oxygens (including phenoxy) is 1. The monoisotopic (exact) mass is 396 g/mol. The van der Waals surface area contributed by atoms with Gasteiger partial charge in [0.2, 0.25) is 0 Å². The van der Waals surface area contributed by atoms with Gasteiger partial charge < -0.3 is 10.1 Å². The molecule has 1 amide bonds. The van der Waals surface area contributed by atoms with Crippen molar-refractivity contribution in [2.75, 3.05) is 13.7 Å². The molecule has 2 rings (SSSR count). The van der Waals surface area contributed by atoms with Crippen LogP contribution in [-0.2, 0) is 11.2 Å². The molecule has 0 saturated heterocycles. The molecule has 0 heterocycles. The molecule has 0 aliphatic carbocycles. The lowest BCUT2D eigenvalue weighted by Gasteiger charge is -2.08. The summed E-state index contributed by atoms with van der Waals surface area (Å²) < 4.78 is 4.55. The second-order valence-corrected chi connectivity index (χ2v) is 6.10. The van der Waals surface area contributed by atoms with Crippen molar-refractivity contribution in [1.82, 2.24) is 5.32 Å². The molecule has 0 aromatic heterocycles. The summed E-state index contributed by atoms with van der Waals surface area (Å²) in [6.07, 6.45) is 0.445. The van der Waals surface area contributed by atoms with Crippen molar-refractivity contribution in [3.05, 3.63) is 73.2 Å². The van der Waals surface area contributed by atoms with Crippen molar-refractivity contribution in [2.24, 2.45) is 0 Å². The lowest BCUT2D eigenvalue weighted by atomic mass is 10.1. The maximum atomic E-state index is 12.3. The van der Waals surface area contributed by atoms with Crippen molar-refractivity contribution in [3.63, 3.8) is 0 Å². The Labute approximate surface area is 159 Å². The minimum atomic E-state index is -0.768. The number of nitro benzene ring substituents is 1. The van der Waals surface area contributed by atoms with Gasteiger partial charge in [-0.15, -0.1) is 0 Å². The van der Waals surface area contributed by atoms with Crippen molar-refractivity contribution >= 4 is 40.8 Å². The largest absolute Gasteiger partial charge is 0.465 e. The van der Waals surface area contributed by atoms with Crippen molar-refractivity contribution in [3.8, 4) is 0 Å². The van der Waals surface area contributed by atoms with E-state index in [-0.39, 0.29) is 23.4 Å². The van der Waals surface area contributed by atoms with Gasteiger partial charge >= 0.3 is 5.97 Å². The first-order valence-electron chi connectivity index (χ1n) is 7.41. The van der Waals surface area contributed by atoms with Crippen molar-refractivity contribution < 1.29 is 19.2 Å². The number of non-ortho nitro benzene ring substituents is 1. The van der Waals surface area contributed by atoms with Gasteiger partial charge in [0.05, 0.1) is 17.6 Å². The maximum Gasteiger partial charge on any atom is 0.338 e. The summed E-state index contributed by atoms with van der Waals surface area (Å²) in [5, 5.41) is 14.6. The molecule has 2 aromatic rings. The van der Waals surface area contributed by atoms with E-state index in [4.69, 9.17) is 23.2 Å². The van der Waals surface area contributed by atoms with Crippen LogP contribution in [-0.4, -0.2) is 30.5 Å². The van der Waals surface area contributed by atoms with Gasteiger partial charge in [-0.05, 0) is 30.2 Å².